The fourth-order valence-electron chi connectivity index (χ4n) is 3.47. The molecule has 0 aliphatic heterocycles. The molecule has 0 radical (unpaired) electrons. The molecule has 214 valence electrons. The van der Waals surface area contributed by atoms with E-state index in [1.165, 1.54) is 66.7 Å². The van der Waals surface area contributed by atoms with Crippen LogP contribution in [0.5, 0.6) is 0 Å². The molecule has 0 saturated heterocycles. The van der Waals surface area contributed by atoms with Crippen LogP contribution in [-0.2, 0) is 28.5 Å². The molecule has 13 heteroatoms. The molecule has 4 atom stereocenters. The van der Waals surface area contributed by atoms with Gasteiger partial charge in [-0.3, -0.25) is 4.79 Å². The summed E-state index contributed by atoms with van der Waals surface area (Å²) in [6, 6.07) is 19.6. The predicted molar refractivity (Wildman–Crippen MR) is 135 cm³/mol. The van der Waals surface area contributed by atoms with E-state index in [4.69, 9.17) is 14.2 Å². The molecule has 0 aliphatic carbocycles. The van der Waals surface area contributed by atoms with Crippen molar-refractivity contribution in [1.29, 1.82) is 0 Å². The van der Waals surface area contributed by atoms with Crippen molar-refractivity contribution in [3.8, 4) is 0 Å². The van der Waals surface area contributed by atoms with E-state index in [9.17, 15) is 44.4 Å². The Morgan fingerprint density at radius 3 is 1.39 bits per heavy atom. The van der Waals surface area contributed by atoms with Crippen LogP contribution in [0.15, 0.2) is 91.0 Å². The average Bonchev–Trinajstić information content (AvgIpc) is 3.00. The molecule has 0 spiro atoms. The van der Waals surface area contributed by atoms with E-state index in [0.717, 1.165) is 31.4 Å². The van der Waals surface area contributed by atoms with Gasteiger partial charge in [0, 0.05) is 0 Å². The van der Waals surface area contributed by atoms with Crippen LogP contribution < -0.4 is 0 Å². The van der Waals surface area contributed by atoms with Gasteiger partial charge in [-0.1, -0.05) is 54.6 Å². The highest BCUT2D eigenvalue weighted by atomic mass is 16.8. The van der Waals surface area contributed by atoms with Crippen LogP contribution in [0.4, 0.5) is 0 Å². The molecule has 3 aromatic rings. The monoisotopic (exact) mass is 568 g/mol. The highest BCUT2D eigenvalue weighted by Crippen LogP contribution is 2.40. The molecule has 3 rings (SSSR count). The Labute approximate surface area is 232 Å². The Morgan fingerprint density at radius 1 is 0.659 bits per heavy atom. The fourth-order valence-corrected chi connectivity index (χ4v) is 3.47. The Balaban J connectivity index is 2.23. The van der Waals surface area contributed by atoms with E-state index in [1.54, 1.807) is 0 Å². The first-order valence-corrected chi connectivity index (χ1v) is 11.7. The van der Waals surface area contributed by atoms with Crippen LogP contribution in [0, 0.1) is 0 Å². The summed E-state index contributed by atoms with van der Waals surface area (Å²) in [4.78, 5) is 63.5. The number of hydrogen-bond donors (Lipinski definition) is 4. The van der Waals surface area contributed by atoms with Crippen molar-refractivity contribution in [2.75, 3.05) is 7.11 Å². The maximum Gasteiger partial charge on any atom is 0.355 e. The molecule has 13 nitrogen and oxygen atoms in total. The number of hydrogen-bond acceptors (Lipinski definition) is 13. The first kappa shape index (κ1) is 30.6. The smallest absolute Gasteiger partial charge is 0.355 e. The van der Waals surface area contributed by atoms with Crippen molar-refractivity contribution in [2.45, 2.75) is 23.5 Å². The topological polar surface area (TPSA) is 203 Å². The number of aliphatic hydroxyl groups is 4. The zero-order valence-corrected chi connectivity index (χ0v) is 21.3. The van der Waals surface area contributed by atoms with Crippen molar-refractivity contribution in [1.82, 2.24) is 0 Å². The lowest BCUT2D eigenvalue weighted by Gasteiger charge is -2.46. The number of carbonyl (C=O) groups excluding carboxylic acids is 5. The normalized spacial score (nSPS) is 15.9. The summed E-state index contributed by atoms with van der Waals surface area (Å²) in [5, 5.41) is 45.2. The zero-order valence-electron chi connectivity index (χ0n) is 21.3. The molecular formula is C28H24O13. The molecule has 0 bridgehead atoms. The Morgan fingerprint density at radius 2 is 1.02 bits per heavy atom. The van der Waals surface area contributed by atoms with E-state index in [1.807, 2.05) is 0 Å². The molecule has 0 aromatic heterocycles. The van der Waals surface area contributed by atoms with E-state index >= 15 is 0 Å². The number of ether oxygens (including phenoxy) is 4. The van der Waals surface area contributed by atoms with Gasteiger partial charge in [-0.25, -0.2) is 19.2 Å². The minimum absolute atomic E-state index is 0.303. The molecule has 4 N–H and O–H groups in total. The van der Waals surface area contributed by atoms with Crippen molar-refractivity contribution in [2.24, 2.45) is 0 Å². The molecule has 0 unspecified atom stereocenters. The van der Waals surface area contributed by atoms with E-state index in [-0.39, 0.29) is 16.7 Å². The van der Waals surface area contributed by atoms with Gasteiger partial charge in [0.1, 0.15) is 0 Å². The average molecular weight is 568 g/mol. The van der Waals surface area contributed by atoms with Gasteiger partial charge in [0.2, 0.25) is 6.10 Å². The Hall–Kier alpha value is -4.95. The molecule has 0 heterocycles. The number of aldehydes is 1. The van der Waals surface area contributed by atoms with Crippen LogP contribution in [-0.4, -0.2) is 81.2 Å². The number of esters is 4. The summed E-state index contributed by atoms with van der Waals surface area (Å²) >= 11 is 0. The Kier molecular flexibility index (Phi) is 9.32. The third-order valence-corrected chi connectivity index (χ3v) is 5.69. The van der Waals surface area contributed by atoms with Crippen molar-refractivity contribution in [3.63, 3.8) is 0 Å². The number of aliphatic hydroxyl groups excluding tert-OH is 1. The van der Waals surface area contributed by atoms with Gasteiger partial charge in [0.15, 0.2) is 6.29 Å². The van der Waals surface area contributed by atoms with Crippen LogP contribution in [0.25, 0.3) is 0 Å². The summed E-state index contributed by atoms with van der Waals surface area (Å²) in [6.07, 6.45) is -3.87. The van der Waals surface area contributed by atoms with Gasteiger partial charge in [0.25, 0.3) is 0 Å². The first-order chi connectivity index (χ1) is 19.4. The predicted octanol–water partition coefficient (Wildman–Crippen LogP) is 0.356. The van der Waals surface area contributed by atoms with E-state index in [2.05, 4.69) is 4.74 Å². The van der Waals surface area contributed by atoms with Gasteiger partial charge in [-0.15, -0.1) is 0 Å². The van der Waals surface area contributed by atoms with Crippen molar-refractivity contribution in [3.05, 3.63) is 108 Å². The van der Waals surface area contributed by atoms with E-state index < -0.39 is 53.6 Å². The maximum absolute atomic E-state index is 13.0. The molecule has 41 heavy (non-hydrogen) atoms. The van der Waals surface area contributed by atoms with Crippen molar-refractivity contribution >= 4 is 30.2 Å². The molecular weight excluding hydrogens is 544 g/mol. The quantitative estimate of drug-likeness (QED) is 0.107. The molecule has 0 amide bonds. The van der Waals surface area contributed by atoms with Gasteiger partial charge in [0.05, 0.1) is 23.8 Å². The summed E-state index contributed by atoms with van der Waals surface area (Å²) < 4.78 is 18.9. The Bertz CT molecular complexity index is 1400. The third-order valence-electron chi connectivity index (χ3n) is 5.69. The summed E-state index contributed by atoms with van der Waals surface area (Å²) in [5.74, 6) is -19.3. The summed E-state index contributed by atoms with van der Waals surface area (Å²) in [7, 11) is 0.724. The molecule has 3 aromatic carbocycles. The minimum Gasteiger partial charge on any atom is -0.467 e. The van der Waals surface area contributed by atoms with Crippen LogP contribution in [0.3, 0.4) is 0 Å². The lowest BCUT2D eigenvalue weighted by atomic mass is 9.91. The second-order valence-corrected chi connectivity index (χ2v) is 8.35. The zero-order chi connectivity index (χ0) is 30.3. The fraction of sp³-hybridized carbons (Fsp3) is 0.179. The van der Waals surface area contributed by atoms with Crippen LogP contribution in [0.1, 0.15) is 31.1 Å². The second-order valence-electron chi connectivity index (χ2n) is 8.35. The third kappa shape index (κ3) is 6.13. The van der Waals surface area contributed by atoms with Crippen molar-refractivity contribution < 1.29 is 63.3 Å². The second kappa shape index (κ2) is 12.5. The van der Waals surface area contributed by atoms with Gasteiger partial charge in [-0.05, 0) is 36.4 Å². The molecule has 0 fully saturated rings. The van der Waals surface area contributed by atoms with Crippen LogP contribution >= 0.6 is 0 Å². The molecule has 0 saturated carbocycles. The first-order valence-electron chi connectivity index (χ1n) is 11.7. The highest BCUT2D eigenvalue weighted by molar-refractivity contribution is 5.93. The minimum atomic E-state index is -4.43. The SMILES string of the molecule is COC(=O)[C@@H](O)[C@](O)(OC(=O)c1ccccc1)[C@@](O)(OC(=O)c1ccccc1)[C@@](O)(C=O)OC(=O)c1ccccc1. The summed E-state index contributed by atoms with van der Waals surface area (Å²) in [5.41, 5.74) is -1.00. The number of carbonyl (C=O) groups is 5. The highest BCUT2D eigenvalue weighted by Gasteiger charge is 2.76. The lowest BCUT2D eigenvalue weighted by molar-refractivity contribution is -0.439. The standard InChI is InChI=1S/C28H24O13/c1-38-25(34)21(30)27(36,40-23(32)19-13-7-3-8-14-19)28(37,41-24(33)20-15-9-4-10-16-20)26(35,17-29)39-22(31)18-11-5-2-6-12-18/h2-17,21,30,35-37H,1H3/t21-,26-,27+,28+/m1/s1. The van der Waals surface area contributed by atoms with Gasteiger partial charge in [-0.2, -0.15) is 0 Å². The number of rotatable bonds is 11. The van der Waals surface area contributed by atoms with Gasteiger partial charge >= 0.3 is 41.2 Å². The largest absolute Gasteiger partial charge is 0.467 e. The van der Waals surface area contributed by atoms with Gasteiger partial charge < -0.3 is 39.4 Å². The lowest BCUT2D eigenvalue weighted by Crippen LogP contribution is -2.77. The van der Waals surface area contributed by atoms with E-state index in [0.29, 0.717) is 0 Å². The van der Waals surface area contributed by atoms with Crippen LogP contribution in [0.2, 0.25) is 0 Å². The summed E-state index contributed by atoms with van der Waals surface area (Å²) in [6.45, 7) is 0. The molecule has 0 aliphatic rings. The maximum atomic E-state index is 13.0. The number of methoxy groups -OCH3 is 1. The number of benzene rings is 3.